The SMILES string of the molecule is S=C(NCC1CCCO1)SCc1ccsc1. The molecule has 1 N–H and O–H groups in total. The van der Waals surface area contributed by atoms with E-state index in [2.05, 4.69) is 22.1 Å². The lowest BCUT2D eigenvalue weighted by Gasteiger charge is -2.11. The molecule has 1 fully saturated rings. The molecule has 1 aromatic heterocycles. The second-order valence-electron chi connectivity index (χ2n) is 3.72. The summed E-state index contributed by atoms with van der Waals surface area (Å²) in [7, 11) is 0. The Morgan fingerprint density at radius 2 is 2.62 bits per heavy atom. The third-order valence-corrected chi connectivity index (χ3v) is 4.56. The van der Waals surface area contributed by atoms with E-state index in [-0.39, 0.29) is 0 Å². The Labute approximate surface area is 110 Å². The van der Waals surface area contributed by atoms with E-state index in [1.54, 1.807) is 23.1 Å². The van der Waals surface area contributed by atoms with Gasteiger partial charge in [-0.3, -0.25) is 0 Å². The highest BCUT2D eigenvalue weighted by Crippen LogP contribution is 2.16. The van der Waals surface area contributed by atoms with Crippen LogP contribution in [0.2, 0.25) is 0 Å². The van der Waals surface area contributed by atoms with Crippen LogP contribution < -0.4 is 5.32 Å². The van der Waals surface area contributed by atoms with Gasteiger partial charge in [-0.25, -0.2) is 0 Å². The van der Waals surface area contributed by atoms with Gasteiger partial charge >= 0.3 is 0 Å². The van der Waals surface area contributed by atoms with Crippen LogP contribution in [-0.2, 0) is 10.5 Å². The van der Waals surface area contributed by atoms with Gasteiger partial charge in [0, 0.05) is 18.9 Å². The Hall–Kier alpha value is -0.100. The van der Waals surface area contributed by atoms with Crippen LogP contribution in [0, 0.1) is 0 Å². The predicted octanol–water partition coefficient (Wildman–Crippen LogP) is 3.03. The first kappa shape index (κ1) is 12.4. The molecule has 2 rings (SSSR count). The van der Waals surface area contributed by atoms with E-state index in [1.165, 1.54) is 12.0 Å². The number of thiophene rings is 1. The van der Waals surface area contributed by atoms with Gasteiger partial charge in [0.1, 0.15) is 4.32 Å². The zero-order valence-electron chi connectivity index (χ0n) is 8.98. The second-order valence-corrected chi connectivity index (χ2v) is 6.16. The Kier molecular flexibility index (Phi) is 5.09. The topological polar surface area (TPSA) is 21.3 Å². The van der Waals surface area contributed by atoms with Crippen molar-refractivity contribution in [1.29, 1.82) is 0 Å². The molecule has 0 aromatic carbocycles. The lowest BCUT2D eigenvalue weighted by Crippen LogP contribution is -2.28. The lowest BCUT2D eigenvalue weighted by atomic mass is 10.2. The summed E-state index contributed by atoms with van der Waals surface area (Å²) < 4.78 is 6.40. The van der Waals surface area contributed by atoms with Crippen molar-refractivity contribution in [2.24, 2.45) is 0 Å². The first-order valence-corrected chi connectivity index (χ1v) is 7.71. The Morgan fingerprint density at radius 3 is 3.31 bits per heavy atom. The number of ether oxygens (including phenoxy) is 1. The van der Waals surface area contributed by atoms with E-state index in [0.717, 1.165) is 29.6 Å². The minimum absolute atomic E-state index is 0.361. The average Bonchev–Trinajstić information content (AvgIpc) is 2.96. The van der Waals surface area contributed by atoms with Crippen molar-refractivity contribution in [2.75, 3.05) is 13.2 Å². The van der Waals surface area contributed by atoms with Gasteiger partial charge in [-0.15, -0.1) is 0 Å². The van der Waals surface area contributed by atoms with Gasteiger partial charge in [-0.2, -0.15) is 11.3 Å². The highest BCUT2D eigenvalue weighted by Gasteiger charge is 2.15. The summed E-state index contributed by atoms with van der Waals surface area (Å²) in [5, 5.41) is 7.52. The van der Waals surface area contributed by atoms with E-state index in [0.29, 0.717) is 6.10 Å². The van der Waals surface area contributed by atoms with E-state index in [9.17, 15) is 0 Å². The van der Waals surface area contributed by atoms with Crippen molar-refractivity contribution in [3.8, 4) is 0 Å². The maximum atomic E-state index is 5.52. The molecule has 16 heavy (non-hydrogen) atoms. The van der Waals surface area contributed by atoms with Gasteiger partial charge in [0.25, 0.3) is 0 Å². The van der Waals surface area contributed by atoms with Gasteiger partial charge < -0.3 is 10.1 Å². The van der Waals surface area contributed by atoms with Crippen LogP contribution in [0.25, 0.3) is 0 Å². The Morgan fingerprint density at radius 1 is 1.69 bits per heavy atom. The molecule has 0 bridgehead atoms. The summed E-state index contributed by atoms with van der Waals surface area (Å²) in [6.07, 6.45) is 2.70. The molecule has 1 atom stereocenters. The fourth-order valence-electron chi connectivity index (χ4n) is 1.58. The van der Waals surface area contributed by atoms with Crippen molar-refractivity contribution >= 4 is 39.6 Å². The molecule has 5 heteroatoms. The fraction of sp³-hybridized carbons (Fsp3) is 0.545. The van der Waals surface area contributed by atoms with Crippen molar-refractivity contribution in [1.82, 2.24) is 5.32 Å². The van der Waals surface area contributed by atoms with Gasteiger partial charge in [0.15, 0.2) is 0 Å². The first-order chi connectivity index (χ1) is 7.84. The third kappa shape index (κ3) is 4.05. The number of thioether (sulfide) groups is 1. The van der Waals surface area contributed by atoms with Crippen LogP contribution >= 0.6 is 35.3 Å². The summed E-state index contributed by atoms with van der Waals surface area (Å²) in [4.78, 5) is 0. The third-order valence-electron chi connectivity index (χ3n) is 2.45. The monoisotopic (exact) mass is 273 g/mol. The molecule has 0 aliphatic carbocycles. The van der Waals surface area contributed by atoms with Crippen molar-refractivity contribution < 1.29 is 4.74 Å². The van der Waals surface area contributed by atoms with Gasteiger partial charge in [-0.1, -0.05) is 24.0 Å². The van der Waals surface area contributed by atoms with E-state index in [4.69, 9.17) is 17.0 Å². The fourth-order valence-corrected chi connectivity index (χ4v) is 3.27. The largest absolute Gasteiger partial charge is 0.376 e. The molecule has 0 saturated carbocycles. The number of rotatable bonds is 4. The smallest absolute Gasteiger partial charge is 0.134 e. The minimum atomic E-state index is 0.361. The van der Waals surface area contributed by atoms with Crippen LogP contribution in [0.1, 0.15) is 18.4 Å². The molecule has 2 nitrogen and oxygen atoms in total. The molecule has 2 heterocycles. The summed E-state index contributed by atoms with van der Waals surface area (Å²) in [5.41, 5.74) is 1.34. The number of hydrogen-bond donors (Lipinski definition) is 1. The average molecular weight is 273 g/mol. The van der Waals surface area contributed by atoms with Gasteiger partial charge in [0.2, 0.25) is 0 Å². The molecule has 1 aliphatic heterocycles. The normalized spacial score (nSPS) is 19.9. The molecule has 0 spiro atoms. The molecular formula is C11H15NOS3. The summed E-state index contributed by atoms with van der Waals surface area (Å²) >= 11 is 8.68. The predicted molar refractivity (Wildman–Crippen MR) is 75.2 cm³/mol. The zero-order chi connectivity index (χ0) is 11.2. The highest BCUT2D eigenvalue weighted by atomic mass is 32.2. The van der Waals surface area contributed by atoms with Gasteiger partial charge in [-0.05, 0) is 35.2 Å². The number of thiocarbonyl (C=S) groups is 1. The molecule has 1 saturated heterocycles. The Bertz CT molecular complexity index is 320. The molecular weight excluding hydrogens is 258 g/mol. The van der Waals surface area contributed by atoms with Crippen LogP contribution in [0.5, 0.6) is 0 Å². The number of hydrogen-bond acceptors (Lipinski definition) is 4. The molecule has 0 radical (unpaired) electrons. The lowest BCUT2D eigenvalue weighted by molar-refractivity contribution is 0.114. The minimum Gasteiger partial charge on any atom is -0.376 e. The van der Waals surface area contributed by atoms with Crippen LogP contribution in [-0.4, -0.2) is 23.6 Å². The van der Waals surface area contributed by atoms with E-state index < -0.39 is 0 Å². The highest BCUT2D eigenvalue weighted by molar-refractivity contribution is 8.22. The molecule has 1 aromatic rings. The molecule has 0 amide bonds. The van der Waals surface area contributed by atoms with E-state index >= 15 is 0 Å². The van der Waals surface area contributed by atoms with Gasteiger partial charge in [0.05, 0.1) is 6.10 Å². The summed E-state index contributed by atoms with van der Waals surface area (Å²) in [6.45, 7) is 1.76. The maximum Gasteiger partial charge on any atom is 0.134 e. The quantitative estimate of drug-likeness (QED) is 0.851. The summed E-state index contributed by atoms with van der Waals surface area (Å²) in [5.74, 6) is 0.959. The first-order valence-electron chi connectivity index (χ1n) is 5.38. The van der Waals surface area contributed by atoms with Crippen LogP contribution in [0.15, 0.2) is 16.8 Å². The molecule has 88 valence electrons. The summed E-state index contributed by atoms with van der Waals surface area (Å²) in [6, 6.07) is 2.14. The van der Waals surface area contributed by atoms with Crippen molar-refractivity contribution in [2.45, 2.75) is 24.7 Å². The molecule has 1 aliphatic rings. The maximum absolute atomic E-state index is 5.52. The van der Waals surface area contributed by atoms with Crippen LogP contribution in [0.3, 0.4) is 0 Å². The van der Waals surface area contributed by atoms with Crippen molar-refractivity contribution in [3.05, 3.63) is 22.4 Å². The molecule has 1 unspecified atom stereocenters. The second kappa shape index (κ2) is 6.59. The van der Waals surface area contributed by atoms with E-state index in [1.807, 2.05) is 0 Å². The van der Waals surface area contributed by atoms with Crippen LogP contribution in [0.4, 0.5) is 0 Å². The number of nitrogens with one attached hydrogen (secondary N) is 1. The Balaban J connectivity index is 1.60. The van der Waals surface area contributed by atoms with Crippen molar-refractivity contribution in [3.63, 3.8) is 0 Å². The standard InChI is InChI=1S/C11H15NOS3/c14-11(12-6-10-2-1-4-13-10)16-8-9-3-5-15-7-9/h3,5,7,10H,1-2,4,6,8H2,(H,12,14). The zero-order valence-corrected chi connectivity index (χ0v) is 11.4.